The molecule has 1 aromatic rings. The molecule has 1 unspecified atom stereocenters. The van der Waals surface area contributed by atoms with Gasteiger partial charge in [-0.2, -0.15) is 11.8 Å². The molecule has 1 atom stereocenters. The fourth-order valence-electron chi connectivity index (χ4n) is 2.50. The first-order valence-corrected chi connectivity index (χ1v) is 8.60. The molecule has 1 aromatic carbocycles. The van der Waals surface area contributed by atoms with Crippen LogP contribution in [-0.4, -0.2) is 48.5 Å². The SMILES string of the molecule is CCC1CN(C(=NC)NCCc2ccccc2F)CCS1. The first kappa shape index (κ1) is 16.1. The molecule has 3 nitrogen and oxygen atoms in total. The molecule has 1 aliphatic rings. The molecule has 0 radical (unpaired) electrons. The maximum absolute atomic E-state index is 13.6. The first-order chi connectivity index (χ1) is 10.2. The van der Waals surface area contributed by atoms with Gasteiger partial charge in [0.25, 0.3) is 0 Å². The Morgan fingerprint density at radius 1 is 1.48 bits per heavy atom. The largest absolute Gasteiger partial charge is 0.356 e. The van der Waals surface area contributed by atoms with E-state index in [0.717, 1.165) is 30.4 Å². The number of guanidine groups is 1. The van der Waals surface area contributed by atoms with E-state index >= 15 is 0 Å². The van der Waals surface area contributed by atoms with Crippen molar-refractivity contribution in [1.82, 2.24) is 10.2 Å². The number of aliphatic imine (C=N–C) groups is 1. The van der Waals surface area contributed by atoms with Gasteiger partial charge in [0.15, 0.2) is 5.96 Å². The van der Waals surface area contributed by atoms with Crippen LogP contribution in [0, 0.1) is 5.82 Å². The molecule has 116 valence electrons. The number of thioether (sulfide) groups is 1. The van der Waals surface area contributed by atoms with Gasteiger partial charge in [-0.25, -0.2) is 4.39 Å². The number of hydrogen-bond acceptors (Lipinski definition) is 2. The summed E-state index contributed by atoms with van der Waals surface area (Å²) in [4.78, 5) is 6.67. The maximum Gasteiger partial charge on any atom is 0.193 e. The summed E-state index contributed by atoms with van der Waals surface area (Å²) in [5.41, 5.74) is 0.751. The highest BCUT2D eigenvalue weighted by Gasteiger charge is 2.21. The van der Waals surface area contributed by atoms with Crippen LogP contribution < -0.4 is 5.32 Å². The van der Waals surface area contributed by atoms with E-state index in [2.05, 4.69) is 22.1 Å². The van der Waals surface area contributed by atoms with Crippen molar-refractivity contribution in [2.45, 2.75) is 25.0 Å². The smallest absolute Gasteiger partial charge is 0.193 e. The molecule has 0 aliphatic carbocycles. The summed E-state index contributed by atoms with van der Waals surface area (Å²) < 4.78 is 13.6. The van der Waals surface area contributed by atoms with Crippen molar-refractivity contribution in [2.75, 3.05) is 32.4 Å². The number of hydrogen-bond donors (Lipinski definition) is 1. The van der Waals surface area contributed by atoms with Crippen molar-refractivity contribution in [3.05, 3.63) is 35.6 Å². The Kier molecular flexibility index (Phi) is 6.36. The molecule has 0 amide bonds. The highest BCUT2D eigenvalue weighted by molar-refractivity contribution is 8.00. The zero-order chi connectivity index (χ0) is 15.1. The van der Waals surface area contributed by atoms with E-state index in [1.165, 1.54) is 12.5 Å². The summed E-state index contributed by atoms with van der Waals surface area (Å²) in [5.74, 6) is 1.95. The van der Waals surface area contributed by atoms with Crippen molar-refractivity contribution in [3.8, 4) is 0 Å². The summed E-state index contributed by atoms with van der Waals surface area (Å²) in [6, 6.07) is 6.95. The molecule has 1 N–H and O–H groups in total. The molecular weight excluding hydrogens is 285 g/mol. The van der Waals surface area contributed by atoms with Crippen molar-refractivity contribution in [1.29, 1.82) is 0 Å². The molecule has 2 rings (SSSR count). The summed E-state index contributed by atoms with van der Waals surface area (Å²) in [7, 11) is 1.81. The lowest BCUT2D eigenvalue weighted by molar-refractivity contribution is 0.408. The normalized spacial score (nSPS) is 19.7. The molecule has 1 saturated heterocycles. The second-order valence-electron chi connectivity index (χ2n) is 5.16. The Bertz CT molecular complexity index is 478. The van der Waals surface area contributed by atoms with E-state index < -0.39 is 0 Å². The van der Waals surface area contributed by atoms with Gasteiger partial charge < -0.3 is 10.2 Å². The van der Waals surface area contributed by atoms with Crippen LogP contribution in [0.3, 0.4) is 0 Å². The predicted octanol–water partition coefficient (Wildman–Crippen LogP) is 2.77. The van der Waals surface area contributed by atoms with Crippen molar-refractivity contribution >= 4 is 17.7 Å². The molecular formula is C16H24FN3S. The maximum atomic E-state index is 13.6. The fourth-order valence-corrected chi connectivity index (χ4v) is 3.68. The molecule has 1 fully saturated rings. The van der Waals surface area contributed by atoms with Crippen LogP contribution in [0.15, 0.2) is 29.3 Å². The summed E-state index contributed by atoms with van der Waals surface area (Å²) in [6.07, 6.45) is 1.86. The molecule has 1 heterocycles. The number of rotatable bonds is 4. The van der Waals surface area contributed by atoms with Crippen LogP contribution in [0.25, 0.3) is 0 Å². The van der Waals surface area contributed by atoms with Gasteiger partial charge in [-0.15, -0.1) is 0 Å². The topological polar surface area (TPSA) is 27.6 Å². The van der Waals surface area contributed by atoms with Gasteiger partial charge in [0, 0.05) is 37.7 Å². The van der Waals surface area contributed by atoms with Gasteiger partial charge in [-0.3, -0.25) is 4.99 Å². The third kappa shape index (κ3) is 4.63. The number of benzene rings is 1. The van der Waals surface area contributed by atoms with Gasteiger partial charge in [0.1, 0.15) is 5.82 Å². The van der Waals surface area contributed by atoms with Crippen molar-refractivity contribution < 1.29 is 4.39 Å². The number of nitrogens with one attached hydrogen (secondary N) is 1. The lowest BCUT2D eigenvalue weighted by Gasteiger charge is -2.34. The monoisotopic (exact) mass is 309 g/mol. The summed E-state index contributed by atoms with van der Waals surface area (Å²) >= 11 is 2.04. The predicted molar refractivity (Wildman–Crippen MR) is 89.6 cm³/mol. The molecule has 1 aliphatic heterocycles. The van der Waals surface area contributed by atoms with Crippen LogP contribution in [0.5, 0.6) is 0 Å². The van der Waals surface area contributed by atoms with E-state index in [1.54, 1.807) is 6.07 Å². The van der Waals surface area contributed by atoms with Gasteiger partial charge in [-0.1, -0.05) is 25.1 Å². The van der Waals surface area contributed by atoms with Crippen LogP contribution in [-0.2, 0) is 6.42 Å². The van der Waals surface area contributed by atoms with Gasteiger partial charge in [0.2, 0.25) is 0 Å². The minimum Gasteiger partial charge on any atom is -0.356 e. The van der Waals surface area contributed by atoms with E-state index in [1.807, 2.05) is 30.9 Å². The van der Waals surface area contributed by atoms with E-state index in [4.69, 9.17) is 0 Å². The molecule has 0 aromatic heterocycles. The first-order valence-electron chi connectivity index (χ1n) is 7.55. The van der Waals surface area contributed by atoms with Crippen LogP contribution in [0.2, 0.25) is 0 Å². The van der Waals surface area contributed by atoms with Crippen LogP contribution >= 0.6 is 11.8 Å². The highest BCUT2D eigenvalue weighted by Crippen LogP contribution is 2.20. The molecule has 21 heavy (non-hydrogen) atoms. The summed E-state index contributed by atoms with van der Waals surface area (Å²) in [5, 5.41) is 4.04. The zero-order valence-electron chi connectivity index (χ0n) is 12.8. The average Bonchev–Trinajstić information content (AvgIpc) is 2.53. The molecule has 0 saturated carbocycles. The Morgan fingerprint density at radius 2 is 2.29 bits per heavy atom. The summed E-state index contributed by atoms with van der Waals surface area (Å²) in [6.45, 7) is 5.00. The fraction of sp³-hybridized carbons (Fsp3) is 0.562. The molecule has 0 bridgehead atoms. The highest BCUT2D eigenvalue weighted by atomic mass is 32.2. The Morgan fingerprint density at radius 3 is 3.00 bits per heavy atom. The quantitative estimate of drug-likeness (QED) is 0.684. The second kappa shape index (κ2) is 8.27. The number of halogens is 1. The van der Waals surface area contributed by atoms with Crippen molar-refractivity contribution in [2.24, 2.45) is 4.99 Å². The standard InChI is InChI=1S/C16H24FN3S/c1-3-14-12-20(10-11-21-14)16(18-2)19-9-8-13-6-4-5-7-15(13)17/h4-7,14H,3,8-12H2,1-2H3,(H,18,19). The molecule has 0 spiro atoms. The third-order valence-corrected chi connectivity index (χ3v) is 5.11. The number of nitrogens with zero attached hydrogens (tertiary/aromatic N) is 2. The van der Waals surface area contributed by atoms with Crippen LogP contribution in [0.1, 0.15) is 18.9 Å². The minimum absolute atomic E-state index is 0.130. The lowest BCUT2D eigenvalue weighted by atomic mass is 10.1. The Hall–Kier alpha value is -1.23. The third-order valence-electron chi connectivity index (χ3n) is 3.74. The van der Waals surface area contributed by atoms with Gasteiger partial charge >= 0.3 is 0 Å². The van der Waals surface area contributed by atoms with Gasteiger partial charge in [0.05, 0.1) is 0 Å². The lowest BCUT2D eigenvalue weighted by Crippen LogP contribution is -2.48. The molecule has 5 heteroatoms. The van der Waals surface area contributed by atoms with E-state index in [9.17, 15) is 4.39 Å². The van der Waals surface area contributed by atoms with Gasteiger partial charge in [-0.05, 0) is 24.5 Å². The van der Waals surface area contributed by atoms with E-state index in [-0.39, 0.29) is 5.82 Å². The average molecular weight is 309 g/mol. The van der Waals surface area contributed by atoms with Crippen molar-refractivity contribution in [3.63, 3.8) is 0 Å². The van der Waals surface area contributed by atoms with E-state index in [0.29, 0.717) is 18.2 Å². The Balaban J connectivity index is 1.84. The van der Waals surface area contributed by atoms with Crippen LogP contribution in [0.4, 0.5) is 4.39 Å². The Labute approximate surface area is 131 Å². The second-order valence-corrected chi connectivity index (χ2v) is 6.57. The minimum atomic E-state index is -0.130. The zero-order valence-corrected chi connectivity index (χ0v) is 13.6.